The van der Waals surface area contributed by atoms with Crippen LogP contribution in [0.15, 0.2) is 88.4 Å². The lowest BCUT2D eigenvalue weighted by Crippen LogP contribution is -2.19. The summed E-state index contributed by atoms with van der Waals surface area (Å²) < 4.78 is 12.1. The molecule has 0 saturated heterocycles. The third-order valence-electron chi connectivity index (χ3n) is 5.10. The summed E-state index contributed by atoms with van der Waals surface area (Å²) in [4.78, 5) is 0. The number of methoxy groups -OCH3 is 2. The van der Waals surface area contributed by atoms with Crippen LogP contribution in [0, 0.1) is 0 Å². The van der Waals surface area contributed by atoms with Gasteiger partial charge in [-0.3, -0.25) is 5.01 Å². The summed E-state index contributed by atoms with van der Waals surface area (Å²) in [5.74, 6) is 1.71. The van der Waals surface area contributed by atoms with Gasteiger partial charge in [0.15, 0.2) is 0 Å². The predicted molar refractivity (Wildman–Crippen MR) is 126 cm³/mol. The van der Waals surface area contributed by atoms with Crippen molar-refractivity contribution in [2.75, 3.05) is 19.2 Å². The molecule has 152 valence electrons. The number of nitrogens with zero attached hydrogens (tertiary/aromatic N) is 2. The fourth-order valence-electron chi connectivity index (χ4n) is 3.66. The van der Waals surface area contributed by atoms with Gasteiger partial charge in [0, 0.05) is 22.0 Å². The number of hydrogen-bond donors (Lipinski definition) is 0. The van der Waals surface area contributed by atoms with Gasteiger partial charge in [-0.15, -0.1) is 0 Å². The van der Waals surface area contributed by atoms with Crippen LogP contribution in [-0.2, 0) is 0 Å². The summed E-state index contributed by atoms with van der Waals surface area (Å²) >= 11 is 3.58. The zero-order valence-corrected chi connectivity index (χ0v) is 18.5. The number of allylic oxidation sites excluding steroid dienone is 1. The fraction of sp³-hybridized carbons (Fsp3) is 0.160. The Morgan fingerprint density at radius 3 is 2.40 bits per heavy atom. The Balaban J connectivity index is 1.71. The molecule has 0 bridgehead atoms. The van der Waals surface area contributed by atoms with Crippen LogP contribution in [0.5, 0.6) is 11.5 Å². The molecule has 1 aliphatic rings. The monoisotopic (exact) mass is 462 g/mol. The van der Waals surface area contributed by atoms with Crippen LogP contribution in [0.3, 0.4) is 0 Å². The van der Waals surface area contributed by atoms with Crippen LogP contribution in [0.2, 0.25) is 0 Å². The van der Waals surface area contributed by atoms with Gasteiger partial charge in [-0.2, -0.15) is 5.10 Å². The van der Waals surface area contributed by atoms with E-state index >= 15 is 0 Å². The van der Waals surface area contributed by atoms with Crippen molar-refractivity contribution in [2.24, 2.45) is 5.10 Å². The van der Waals surface area contributed by atoms with Gasteiger partial charge in [0.2, 0.25) is 0 Å². The first-order valence-electron chi connectivity index (χ1n) is 9.76. The van der Waals surface area contributed by atoms with Crippen molar-refractivity contribution >= 4 is 33.4 Å². The van der Waals surface area contributed by atoms with E-state index in [0.717, 1.165) is 44.9 Å². The highest BCUT2D eigenvalue weighted by Gasteiger charge is 2.30. The average molecular weight is 463 g/mol. The maximum absolute atomic E-state index is 5.64. The number of para-hydroxylation sites is 2. The number of anilines is 1. The highest BCUT2D eigenvalue weighted by Crippen LogP contribution is 2.40. The van der Waals surface area contributed by atoms with Crippen LogP contribution in [0.25, 0.3) is 6.08 Å². The lowest BCUT2D eigenvalue weighted by atomic mass is 9.99. The third-order valence-corrected chi connectivity index (χ3v) is 5.59. The standard InChI is InChI=1S/C25H23BrN2O2/c1-29-24-12-5-3-8-18(24)14-15-20-17-23(22-11-4-6-13-25(22)30-2)28(27-20)21-10-7-9-19(26)16-21/h3-16,23H,17H2,1-2H3/b15-14+. The molecule has 0 amide bonds. The Morgan fingerprint density at radius 2 is 1.63 bits per heavy atom. The van der Waals surface area contributed by atoms with Crippen molar-refractivity contribution < 1.29 is 9.47 Å². The Bertz CT molecular complexity index is 1090. The fourth-order valence-corrected chi connectivity index (χ4v) is 4.05. The van der Waals surface area contributed by atoms with Gasteiger partial charge in [0.25, 0.3) is 0 Å². The van der Waals surface area contributed by atoms with Crippen molar-refractivity contribution in [1.29, 1.82) is 0 Å². The minimum atomic E-state index is 0.0489. The maximum Gasteiger partial charge on any atom is 0.126 e. The molecule has 4 nitrogen and oxygen atoms in total. The van der Waals surface area contributed by atoms with Gasteiger partial charge in [-0.05, 0) is 42.5 Å². The summed E-state index contributed by atoms with van der Waals surface area (Å²) in [6.07, 6.45) is 4.90. The number of rotatable bonds is 6. The van der Waals surface area contributed by atoms with Crippen LogP contribution in [0.4, 0.5) is 5.69 Å². The molecule has 5 heteroatoms. The number of hydrogen-bond acceptors (Lipinski definition) is 4. The lowest BCUT2D eigenvalue weighted by Gasteiger charge is -2.25. The second-order valence-corrected chi connectivity index (χ2v) is 7.87. The molecule has 1 atom stereocenters. The van der Waals surface area contributed by atoms with Crippen molar-refractivity contribution in [1.82, 2.24) is 0 Å². The van der Waals surface area contributed by atoms with E-state index in [1.54, 1.807) is 14.2 Å². The zero-order chi connectivity index (χ0) is 20.9. The normalized spacial score (nSPS) is 16.0. The maximum atomic E-state index is 5.64. The van der Waals surface area contributed by atoms with E-state index in [4.69, 9.17) is 14.6 Å². The number of halogens is 1. The Hall–Kier alpha value is -3.05. The van der Waals surface area contributed by atoms with Crippen LogP contribution in [-0.4, -0.2) is 19.9 Å². The largest absolute Gasteiger partial charge is 0.496 e. The molecule has 3 aromatic carbocycles. The van der Waals surface area contributed by atoms with Gasteiger partial charge >= 0.3 is 0 Å². The van der Waals surface area contributed by atoms with E-state index in [1.807, 2.05) is 54.6 Å². The number of hydrazone groups is 1. The molecule has 0 aromatic heterocycles. The Labute approximate surface area is 185 Å². The van der Waals surface area contributed by atoms with Crippen molar-refractivity contribution in [3.8, 4) is 11.5 Å². The van der Waals surface area contributed by atoms with Crippen LogP contribution >= 0.6 is 15.9 Å². The minimum Gasteiger partial charge on any atom is -0.496 e. The molecule has 0 N–H and O–H groups in total. The van der Waals surface area contributed by atoms with E-state index in [9.17, 15) is 0 Å². The average Bonchev–Trinajstić information content (AvgIpc) is 3.22. The minimum absolute atomic E-state index is 0.0489. The molecule has 1 heterocycles. The molecule has 30 heavy (non-hydrogen) atoms. The first-order valence-corrected chi connectivity index (χ1v) is 10.5. The molecular formula is C25H23BrN2O2. The van der Waals surface area contributed by atoms with Crippen LogP contribution < -0.4 is 14.5 Å². The molecular weight excluding hydrogens is 440 g/mol. The van der Waals surface area contributed by atoms with Gasteiger partial charge in [0.05, 0.1) is 31.7 Å². The summed E-state index contributed by atoms with van der Waals surface area (Å²) in [6, 6.07) is 24.4. The molecule has 3 aromatic rings. The van der Waals surface area contributed by atoms with Crippen molar-refractivity contribution in [2.45, 2.75) is 12.5 Å². The summed E-state index contributed by atoms with van der Waals surface area (Å²) in [5, 5.41) is 7.02. The van der Waals surface area contributed by atoms with Gasteiger partial charge in [-0.1, -0.05) is 58.4 Å². The molecule has 0 radical (unpaired) electrons. The van der Waals surface area contributed by atoms with Crippen LogP contribution in [0.1, 0.15) is 23.6 Å². The predicted octanol–water partition coefficient (Wildman–Crippen LogP) is 6.49. The molecule has 1 aliphatic heterocycles. The first kappa shape index (κ1) is 20.2. The van der Waals surface area contributed by atoms with E-state index in [-0.39, 0.29) is 6.04 Å². The molecule has 0 aliphatic carbocycles. The lowest BCUT2D eigenvalue weighted by molar-refractivity contribution is 0.405. The number of benzene rings is 3. The summed E-state index contributed by atoms with van der Waals surface area (Å²) in [5.41, 5.74) is 4.17. The molecule has 4 rings (SSSR count). The second-order valence-electron chi connectivity index (χ2n) is 6.95. The SMILES string of the molecule is COc1ccccc1/C=C/C1=NN(c2cccc(Br)c2)C(c2ccccc2OC)C1. The topological polar surface area (TPSA) is 34.1 Å². The second kappa shape index (κ2) is 9.18. The van der Waals surface area contributed by atoms with E-state index in [2.05, 4.69) is 51.3 Å². The molecule has 0 spiro atoms. The number of ether oxygens (including phenoxy) is 2. The smallest absolute Gasteiger partial charge is 0.126 e. The van der Waals surface area contributed by atoms with Gasteiger partial charge in [-0.25, -0.2) is 0 Å². The molecule has 0 saturated carbocycles. The van der Waals surface area contributed by atoms with E-state index in [1.165, 1.54) is 0 Å². The van der Waals surface area contributed by atoms with Crippen molar-refractivity contribution in [3.05, 3.63) is 94.5 Å². The van der Waals surface area contributed by atoms with Gasteiger partial charge in [0.1, 0.15) is 11.5 Å². The summed E-state index contributed by atoms with van der Waals surface area (Å²) in [6.45, 7) is 0. The van der Waals surface area contributed by atoms with E-state index in [0.29, 0.717) is 0 Å². The Morgan fingerprint density at radius 1 is 0.900 bits per heavy atom. The first-order chi connectivity index (χ1) is 14.7. The molecule has 1 unspecified atom stereocenters. The van der Waals surface area contributed by atoms with E-state index < -0.39 is 0 Å². The highest BCUT2D eigenvalue weighted by molar-refractivity contribution is 9.10. The summed E-state index contributed by atoms with van der Waals surface area (Å²) in [7, 11) is 3.40. The highest BCUT2D eigenvalue weighted by atomic mass is 79.9. The van der Waals surface area contributed by atoms with Crippen molar-refractivity contribution in [3.63, 3.8) is 0 Å². The van der Waals surface area contributed by atoms with Gasteiger partial charge < -0.3 is 9.47 Å². The Kier molecular flexibility index (Phi) is 6.19. The zero-order valence-electron chi connectivity index (χ0n) is 17.0. The third kappa shape index (κ3) is 4.26. The molecule has 0 fully saturated rings. The quantitative estimate of drug-likeness (QED) is 0.419.